The van der Waals surface area contributed by atoms with E-state index in [4.69, 9.17) is 10.5 Å². The van der Waals surface area contributed by atoms with Crippen LogP contribution in [-0.2, 0) is 11.2 Å². The molecular formula is C14H22BrNO. The molecule has 0 radical (unpaired) electrons. The number of hydrogen-bond donors (Lipinski definition) is 1. The Kier molecular flexibility index (Phi) is 5.63. The SMILES string of the molecule is CCC(CC)(OC)C(N)Cc1ccc(Br)cc1. The summed E-state index contributed by atoms with van der Waals surface area (Å²) >= 11 is 3.44. The van der Waals surface area contributed by atoms with Gasteiger partial charge in [-0.1, -0.05) is 41.9 Å². The molecule has 0 bridgehead atoms. The van der Waals surface area contributed by atoms with Gasteiger partial charge in [0.1, 0.15) is 0 Å². The van der Waals surface area contributed by atoms with Crippen LogP contribution in [0.3, 0.4) is 0 Å². The van der Waals surface area contributed by atoms with Crippen LogP contribution in [0.15, 0.2) is 28.7 Å². The fourth-order valence-electron chi connectivity index (χ4n) is 2.27. The van der Waals surface area contributed by atoms with Gasteiger partial charge in [-0.25, -0.2) is 0 Å². The van der Waals surface area contributed by atoms with E-state index in [1.807, 2.05) is 0 Å². The first-order valence-electron chi connectivity index (χ1n) is 6.13. The van der Waals surface area contributed by atoms with Crippen molar-refractivity contribution in [3.63, 3.8) is 0 Å². The van der Waals surface area contributed by atoms with E-state index in [1.165, 1.54) is 5.56 Å². The van der Waals surface area contributed by atoms with E-state index in [2.05, 4.69) is 54.0 Å². The van der Waals surface area contributed by atoms with Crippen LogP contribution in [0.2, 0.25) is 0 Å². The van der Waals surface area contributed by atoms with Crippen molar-refractivity contribution < 1.29 is 4.74 Å². The Morgan fingerprint density at radius 1 is 1.24 bits per heavy atom. The molecule has 2 N–H and O–H groups in total. The summed E-state index contributed by atoms with van der Waals surface area (Å²) in [6.45, 7) is 4.27. The fourth-order valence-corrected chi connectivity index (χ4v) is 2.54. The summed E-state index contributed by atoms with van der Waals surface area (Å²) in [6, 6.07) is 8.34. The quantitative estimate of drug-likeness (QED) is 0.872. The molecule has 1 aromatic rings. The van der Waals surface area contributed by atoms with E-state index in [1.54, 1.807) is 7.11 Å². The molecule has 1 aromatic carbocycles. The van der Waals surface area contributed by atoms with Gasteiger partial charge in [-0.05, 0) is 37.0 Å². The summed E-state index contributed by atoms with van der Waals surface area (Å²) in [5.41, 5.74) is 7.37. The molecule has 2 nitrogen and oxygen atoms in total. The van der Waals surface area contributed by atoms with E-state index < -0.39 is 0 Å². The van der Waals surface area contributed by atoms with E-state index >= 15 is 0 Å². The third-order valence-corrected chi connectivity index (χ3v) is 4.18. The van der Waals surface area contributed by atoms with E-state index in [0.717, 1.165) is 23.7 Å². The zero-order valence-electron chi connectivity index (χ0n) is 10.9. The third kappa shape index (κ3) is 3.54. The lowest BCUT2D eigenvalue weighted by molar-refractivity contribution is -0.0374. The Labute approximate surface area is 113 Å². The molecule has 1 unspecified atom stereocenters. The minimum absolute atomic E-state index is 0.0312. The average molecular weight is 300 g/mol. The summed E-state index contributed by atoms with van der Waals surface area (Å²) in [4.78, 5) is 0. The van der Waals surface area contributed by atoms with Crippen LogP contribution >= 0.6 is 15.9 Å². The van der Waals surface area contributed by atoms with Crippen molar-refractivity contribution in [2.75, 3.05) is 7.11 Å². The summed E-state index contributed by atoms with van der Waals surface area (Å²) in [5.74, 6) is 0. The number of benzene rings is 1. The van der Waals surface area contributed by atoms with Crippen LogP contribution in [0.4, 0.5) is 0 Å². The average Bonchev–Trinajstić information content (AvgIpc) is 2.35. The Balaban J connectivity index is 2.76. The lowest BCUT2D eigenvalue weighted by atomic mass is 9.85. The summed E-state index contributed by atoms with van der Waals surface area (Å²) < 4.78 is 6.76. The standard InChI is InChI=1S/C14H22BrNO/c1-4-14(5-2,17-3)13(16)10-11-6-8-12(15)9-7-11/h6-9,13H,4-5,10,16H2,1-3H3. The van der Waals surface area contributed by atoms with E-state index in [-0.39, 0.29) is 11.6 Å². The van der Waals surface area contributed by atoms with E-state index in [0.29, 0.717) is 0 Å². The Morgan fingerprint density at radius 3 is 2.18 bits per heavy atom. The number of nitrogens with two attached hydrogens (primary N) is 1. The van der Waals surface area contributed by atoms with Gasteiger partial charge in [-0.3, -0.25) is 0 Å². The van der Waals surface area contributed by atoms with Crippen LogP contribution in [-0.4, -0.2) is 18.8 Å². The minimum Gasteiger partial charge on any atom is -0.377 e. The molecule has 3 heteroatoms. The van der Waals surface area contributed by atoms with Crippen LogP contribution in [0.5, 0.6) is 0 Å². The second kappa shape index (κ2) is 6.53. The molecule has 0 aliphatic heterocycles. The van der Waals surface area contributed by atoms with Crippen molar-refractivity contribution in [3.8, 4) is 0 Å². The smallest absolute Gasteiger partial charge is 0.0826 e. The molecule has 1 rings (SSSR count). The van der Waals surface area contributed by atoms with Crippen molar-refractivity contribution in [1.82, 2.24) is 0 Å². The lowest BCUT2D eigenvalue weighted by Crippen LogP contribution is -2.50. The largest absolute Gasteiger partial charge is 0.377 e. The van der Waals surface area contributed by atoms with Crippen molar-refractivity contribution >= 4 is 15.9 Å². The monoisotopic (exact) mass is 299 g/mol. The number of halogens is 1. The van der Waals surface area contributed by atoms with Gasteiger partial charge >= 0.3 is 0 Å². The molecular weight excluding hydrogens is 278 g/mol. The van der Waals surface area contributed by atoms with Crippen molar-refractivity contribution in [2.24, 2.45) is 5.73 Å². The lowest BCUT2D eigenvalue weighted by Gasteiger charge is -2.36. The van der Waals surface area contributed by atoms with Gasteiger partial charge in [0.2, 0.25) is 0 Å². The zero-order chi connectivity index (χ0) is 12.9. The molecule has 0 saturated carbocycles. The zero-order valence-corrected chi connectivity index (χ0v) is 12.5. The first-order valence-corrected chi connectivity index (χ1v) is 6.92. The number of rotatable bonds is 6. The maximum absolute atomic E-state index is 6.32. The van der Waals surface area contributed by atoms with Crippen LogP contribution in [0, 0.1) is 0 Å². The van der Waals surface area contributed by atoms with Gasteiger partial charge in [-0.2, -0.15) is 0 Å². The highest BCUT2D eigenvalue weighted by Crippen LogP contribution is 2.25. The fraction of sp³-hybridized carbons (Fsp3) is 0.571. The van der Waals surface area contributed by atoms with E-state index in [9.17, 15) is 0 Å². The second-order valence-corrected chi connectivity index (χ2v) is 5.33. The topological polar surface area (TPSA) is 35.2 Å². The van der Waals surface area contributed by atoms with Crippen LogP contribution in [0.1, 0.15) is 32.3 Å². The molecule has 96 valence electrons. The molecule has 17 heavy (non-hydrogen) atoms. The number of ether oxygens (including phenoxy) is 1. The van der Waals surface area contributed by atoms with Crippen molar-refractivity contribution in [2.45, 2.75) is 44.8 Å². The molecule has 0 aliphatic carbocycles. The van der Waals surface area contributed by atoms with Crippen molar-refractivity contribution in [3.05, 3.63) is 34.3 Å². The number of methoxy groups -OCH3 is 1. The highest BCUT2D eigenvalue weighted by Gasteiger charge is 2.33. The molecule has 0 amide bonds. The summed E-state index contributed by atoms with van der Waals surface area (Å²) in [6.07, 6.45) is 2.73. The molecule has 0 spiro atoms. The predicted molar refractivity (Wildman–Crippen MR) is 76.1 cm³/mol. The van der Waals surface area contributed by atoms with Crippen molar-refractivity contribution in [1.29, 1.82) is 0 Å². The normalized spacial score (nSPS) is 13.7. The maximum atomic E-state index is 6.32. The van der Waals surface area contributed by atoms with Crippen LogP contribution < -0.4 is 5.73 Å². The Hall–Kier alpha value is -0.380. The summed E-state index contributed by atoms with van der Waals surface area (Å²) in [5, 5.41) is 0. The minimum atomic E-state index is -0.201. The molecule has 0 aliphatic rings. The molecule has 1 atom stereocenters. The molecule has 0 heterocycles. The highest BCUT2D eigenvalue weighted by molar-refractivity contribution is 9.10. The first-order chi connectivity index (χ1) is 8.07. The molecule has 0 saturated heterocycles. The molecule has 0 fully saturated rings. The third-order valence-electron chi connectivity index (χ3n) is 3.65. The van der Waals surface area contributed by atoms with Gasteiger partial charge in [0, 0.05) is 17.6 Å². The van der Waals surface area contributed by atoms with Gasteiger partial charge in [0.05, 0.1) is 5.60 Å². The highest BCUT2D eigenvalue weighted by atomic mass is 79.9. The maximum Gasteiger partial charge on any atom is 0.0826 e. The Bertz CT molecular complexity index is 324. The Morgan fingerprint density at radius 2 is 1.76 bits per heavy atom. The van der Waals surface area contributed by atoms with Gasteiger partial charge in [0.25, 0.3) is 0 Å². The van der Waals surface area contributed by atoms with Gasteiger partial charge in [0.15, 0.2) is 0 Å². The second-order valence-electron chi connectivity index (χ2n) is 4.41. The van der Waals surface area contributed by atoms with Gasteiger partial charge < -0.3 is 10.5 Å². The summed E-state index contributed by atoms with van der Waals surface area (Å²) in [7, 11) is 1.76. The predicted octanol–water partition coefficient (Wildman–Crippen LogP) is 3.52. The van der Waals surface area contributed by atoms with Crippen LogP contribution in [0.25, 0.3) is 0 Å². The van der Waals surface area contributed by atoms with Gasteiger partial charge in [-0.15, -0.1) is 0 Å². The molecule has 0 aromatic heterocycles. The first kappa shape index (κ1) is 14.7. The number of hydrogen-bond acceptors (Lipinski definition) is 2.